The maximum Gasteiger partial charge on any atom is 0.323 e. The summed E-state index contributed by atoms with van der Waals surface area (Å²) in [6.07, 6.45) is 4.70. The molecule has 0 bridgehead atoms. The molecule has 0 radical (unpaired) electrons. The lowest BCUT2D eigenvalue weighted by Gasteiger charge is -2.29. The number of likely N-dealkylation sites (N-methyl/N-ethyl adjacent to an activating group) is 1. The molecule has 1 N–H and O–H groups in total. The number of rotatable bonds is 4. The van der Waals surface area contributed by atoms with Crippen LogP contribution < -0.4 is 0 Å². The minimum Gasteiger partial charge on any atom is -0.480 e. The highest BCUT2D eigenvalue weighted by Gasteiger charge is 2.25. The number of carboxylic acids is 1. The van der Waals surface area contributed by atoms with Gasteiger partial charge in [0.15, 0.2) is 0 Å². The number of hydrogen-bond acceptors (Lipinski definition) is 3. The van der Waals surface area contributed by atoms with Gasteiger partial charge in [0.2, 0.25) is 5.91 Å². The van der Waals surface area contributed by atoms with Crippen LogP contribution in [0.3, 0.4) is 0 Å². The third-order valence-corrected chi connectivity index (χ3v) is 3.29. The van der Waals surface area contributed by atoms with Crippen LogP contribution in [0.4, 0.5) is 0 Å². The molecule has 0 aromatic heterocycles. The van der Waals surface area contributed by atoms with E-state index in [2.05, 4.69) is 4.90 Å². The van der Waals surface area contributed by atoms with Crippen molar-refractivity contribution in [1.82, 2.24) is 9.80 Å². The van der Waals surface area contributed by atoms with E-state index in [1.165, 1.54) is 17.7 Å². The van der Waals surface area contributed by atoms with Crippen molar-refractivity contribution in [1.29, 1.82) is 0 Å². The van der Waals surface area contributed by atoms with Crippen molar-refractivity contribution >= 4 is 11.9 Å². The first kappa shape index (κ1) is 14.0. The second-order valence-corrected chi connectivity index (χ2v) is 4.71. The highest BCUT2D eigenvalue weighted by Crippen LogP contribution is 2.13. The van der Waals surface area contributed by atoms with Crippen molar-refractivity contribution in [2.75, 3.05) is 26.7 Å². The summed E-state index contributed by atoms with van der Waals surface area (Å²) in [7, 11) is 1.55. The van der Waals surface area contributed by atoms with Gasteiger partial charge >= 0.3 is 5.97 Å². The van der Waals surface area contributed by atoms with Crippen LogP contribution in [0, 0.1) is 0 Å². The molecule has 0 spiro atoms. The van der Waals surface area contributed by atoms with Crippen LogP contribution in [0.2, 0.25) is 0 Å². The van der Waals surface area contributed by atoms with E-state index < -0.39 is 5.97 Å². The van der Waals surface area contributed by atoms with Gasteiger partial charge in [0, 0.05) is 7.05 Å². The molecular formula is C12H22N2O3. The van der Waals surface area contributed by atoms with Gasteiger partial charge in [0.05, 0.1) is 6.04 Å². The van der Waals surface area contributed by atoms with Gasteiger partial charge in [-0.15, -0.1) is 0 Å². The number of amides is 1. The molecule has 0 aliphatic carbocycles. The Kier molecular flexibility index (Phi) is 5.41. The molecule has 17 heavy (non-hydrogen) atoms. The maximum absolute atomic E-state index is 12.0. The summed E-state index contributed by atoms with van der Waals surface area (Å²) in [4.78, 5) is 26.0. The highest BCUT2D eigenvalue weighted by molar-refractivity contribution is 5.84. The third-order valence-electron chi connectivity index (χ3n) is 3.29. The van der Waals surface area contributed by atoms with Crippen molar-refractivity contribution in [3.05, 3.63) is 0 Å². The molecule has 0 saturated carbocycles. The fourth-order valence-corrected chi connectivity index (χ4v) is 2.24. The van der Waals surface area contributed by atoms with Crippen LogP contribution in [0.25, 0.3) is 0 Å². The summed E-state index contributed by atoms with van der Waals surface area (Å²) >= 11 is 0. The quantitative estimate of drug-likeness (QED) is 0.792. The Morgan fingerprint density at radius 1 is 1.24 bits per heavy atom. The Bertz CT molecular complexity index is 273. The monoisotopic (exact) mass is 242 g/mol. The summed E-state index contributed by atoms with van der Waals surface area (Å²) < 4.78 is 0. The number of likely N-dealkylation sites (tertiary alicyclic amines) is 1. The lowest BCUT2D eigenvalue weighted by Crippen LogP contribution is -2.47. The lowest BCUT2D eigenvalue weighted by molar-refractivity contribution is -0.145. The predicted octanol–water partition coefficient (Wildman–Crippen LogP) is 0.794. The van der Waals surface area contributed by atoms with Crippen LogP contribution >= 0.6 is 0 Å². The number of carbonyl (C=O) groups excluding carboxylic acids is 1. The number of hydrogen-bond donors (Lipinski definition) is 1. The molecule has 0 aromatic carbocycles. The van der Waals surface area contributed by atoms with Gasteiger partial charge in [-0.05, 0) is 32.9 Å². The van der Waals surface area contributed by atoms with E-state index in [0.29, 0.717) is 0 Å². The lowest BCUT2D eigenvalue weighted by atomic mass is 10.2. The van der Waals surface area contributed by atoms with Gasteiger partial charge in [-0.1, -0.05) is 12.8 Å². The molecule has 98 valence electrons. The molecule has 1 saturated heterocycles. The normalized spacial score (nSPS) is 19.4. The van der Waals surface area contributed by atoms with E-state index in [1.807, 2.05) is 6.92 Å². The fraction of sp³-hybridized carbons (Fsp3) is 0.833. The first-order valence-electron chi connectivity index (χ1n) is 6.23. The van der Waals surface area contributed by atoms with Crippen LogP contribution in [-0.2, 0) is 9.59 Å². The van der Waals surface area contributed by atoms with Crippen molar-refractivity contribution in [2.24, 2.45) is 0 Å². The number of aliphatic carboxylic acids is 1. The second kappa shape index (κ2) is 6.59. The molecule has 1 unspecified atom stereocenters. The van der Waals surface area contributed by atoms with Crippen molar-refractivity contribution in [3.63, 3.8) is 0 Å². The Morgan fingerprint density at radius 2 is 1.76 bits per heavy atom. The van der Waals surface area contributed by atoms with Crippen LogP contribution in [-0.4, -0.2) is 59.5 Å². The Labute approximate surface area is 102 Å². The van der Waals surface area contributed by atoms with E-state index in [1.54, 1.807) is 7.05 Å². The summed E-state index contributed by atoms with van der Waals surface area (Å²) in [5, 5.41) is 8.66. The Balaban J connectivity index is 2.51. The molecule has 1 aliphatic rings. The van der Waals surface area contributed by atoms with Crippen LogP contribution in [0.15, 0.2) is 0 Å². The molecule has 1 aliphatic heterocycles. The average molecular weight is 242 g/mol. The largest absolute Gasteiger partial charge is 0.480 e. The van der Waals surface area contributed by atoms with Gasteiger partial charge in [-0.25, -0.2) is 0 Å². The third kappa shape index (κ3) is 4.34. The average Bonchev–Trinajstić information content (AvgIpc) is 2.54. The zero-order chi connectivity index (χ0) is 12.8. The van der Waals surface area contributed by atoms with Crippen molar-refractivity contribution in [3.8, 4) is 0 Å². The van der Waals surface area contributed by atoms with E-state index >= 15 is 0 Å². The van der Waals surface area contributed by atoms with E-state index in [0.717, 1.165) is 25.9 Å². The predicted molar refractivity (Wildman–Crippen MR) is 64.8 cm³/mol. The van der Waals surface area contributed by atoms with Crippen LogP contribution in [0.5, 0.6) is 0 Å². The molecule has 1 fully saturated rings. The second-order valence-electron chi connectivity index (χ2n) is 4.71. The Morgan fingerprint density at radius 3 is 2.24 bits per heavy atom. The zero-order valence-corrected chi connectivity index (χ0v) is 10.7. The molecule has 1 heterocycles. The van der Waals surface area contributed by atoms with Crippen LogP contribution in [0.1, 0.15) is 32.6 Å². The summed E-state index contributed by atoms with van der Waals surface area (Å²) in [5.41, 5.74) is 0. The molecular weight excluding hydrogens is 220 g/mol. The van der Waals surface area contributed by atoms with Crippen molar-refractivity contribution < 1.29 is 14.7 Å². The molecule has 5 heteroatoms. The Hall–Kier alpha value is -1.10. The summed E-state index contributed by atoms with van der Waals surface area (Å²) in [5.74, 6) is -1.07. The molecule has 1 rings (SSSR count). The number of carbonyl (C=O) groups is 2. The molecule has 0 aromatic rings. The van der Waals surface area contributed by atoms with Gasteiger partial charge in [0.1, 0.15) is 6.54 Å². The topological polar surface area (TPSA) is 60.9 Å². The summed E-state index contributed by atoms with van der Waals surface area (Å²) in [6.45, 7) is 3.52. The van der Waals surface area contributed by atoms with Gasteiger partial charge in [-0.2, -0.15) is 0 Å². The minimum atomic E-state index is -0.969. The highest BCUT2D eigenvalue weighted by atomic mass is 16.4. The molecule has 1 atom stereocenters. The van der Waals surface area contributed by atoms with Gasteiger partial charge < -0.3 is 10.0 Å². The number of nitrogens with zero attached hydrogens (tertiary/aromatic N) is 2. The molecule has 1 amide bonds. The summed E-state index contributed by atoms with van der Waals surface area (Å²) in [6, 6.07) is -0.211. The van der Waals surface area contributed by atoms with E-state index in [-0.39, 0.29) is 18.5 Å². The first-order valence-corrected chi connectivity index (χ1v) is 6.23. The van der Waals surface area contributed by atoms with Gasteiger partial charge in [0.25, 0.3) is 0 Å². The van der Waals surface area contributed by atoms with E-state index in [4.69, 9.17) is 5.11 Å². The minimum absolute atomic E-state index is 0.102. The standard InChI is InChI=1S/C12H22N2O3/c1-10(12(17)13(2)9-11(15)16)14-7-5-3-4-6-8-14/h10H,3-9H2,1-2H3,(H,15,16). The maximum atomic E-state index is 12.0. The van der Waals surface area contributed by atoms with Crippen molar-refractivity contribution in [2.45, 2.75) is 38.6 Å². The molecule has 5 nitrogen and oxygen atoms in total. The van der Waals surface area contributed by atoms with Gasteiger partial charge in [-0.3, -0.25) is 14.5 Å². The first-order chi connectivity index (χ1) is 8.02. The number of carboxylic acid groups (broad SMARTS) is 1. The SMILES string of the molecule is CC(C(=O)N(C)CC(=O)O)N1CCCCCC1. The smallest absolute Gasteiger partial charge is 0.323 e. The zero-order valence-electron chi connectivity index (χ0n) is 10.7. The fourth-order valence-electron chi connectivity index (χ4n) is 2.24. The van der Waals surface area contributed by atoms with E-state index in [9.17, 15) is 9.59 Å².